The Morgan fingerprint density at radius 1 is 1.26 bits per heavy atom. The summed E-state index contributed by atoms with van der Waals surface area (Å²) in [6, 6.07) is 7.58. The van der Waals surface area contributed by atoms with Crippen LogP contribution in [0.25, 0.3) is 10.4 Å². The fourth-order valence-electron chi connectivity index (χ4n) is 2.01. The minimum Gasteiger partial charge on any atom is -0.390 e. The Labute approximate surface area is 122 Å². The van der Waals surface area contributed by atoms with E-state index in [1.165, 1.54) is 11.3 Å². The van der Waals surface area contributed by atoms with Gasteiger partial charge in [0.2, 0.25) is 0 Å². The fourth-order valence-corrected chi connectivity index (χ4v) is 3.22. The number of anilines is 1. The van der Waals surface area contributed by atoms with Gasteiger partial charge in [-0.3, -0.25) is 4.79 Å². The molecule has 0 radical (unpaired) electrons. The van der Waals surface area contributed by atoms with Crippen molar-refractivity contribution in [3.8, 4) is 10.4 Å². The molecule has 1 heterocycles. The highest BCUT2D eigenvalue weighted by molar-refractivity contribution is 7.19. The number of carbonyl (C=O) groups is 1. The third-order valence-corrected chi connectivity index (χ3v) is 4.47. The van der Waals surface area contributed by atoms with Gasteiger partial charge in [-0.15, -0.1) is 11.3 Å². The molecule has 0 amide bonds. The van der Waals surface area contributed by atoms with Gasteiger partial charge in [-0.1, -0.05) is 37.6 Å². The third-order valence-electron chi connectivity index (χ3n) is 3.05. The van der Waals surface area contributed by atoms with E-state index in [0.29, 0.717) is 15.6 Å². The van der Waals surface area contributed by atoms with Gasteiger partial charge < -0.3 is 5.73 Å². The van der Waals surface area contributed by atoms with E-state index in [-0.39, 0.29) is 11.7 Å². The summed E-state index contributed by atoms with van der Waals surface area (Å²) in [4.78, 5) is 13.2. The molecule has 2 aromatic rings. The van der Waals surface area contributed by atoms with Crippen LogP contribution in [-0.4, -0.2) is 5.78 Å². The quantitative estimate of drug-likeness (QED) is 0.826. The average molecular weight is 294 g/mol. The van der Waals surface area contributed by atoms with E-state index in [4.69, 9.17) is 17.3 Å². The molecule has 0 spiro atoms. The lowest BCUT2D eigenvalue weighted by Crippen LogP contribution is -2.09. The first-order valence-corrected chi connectivity index (χ1v) is 7.30. The van der Waals surface area contributed by atoms with E-state index in [9.17, 15) is 4.79 Å². The highest BCUT2D eigenvalue weighted by Crippen LogP contribution is 2.39. The Bertz CT molecular complexity index is 614. The van der Waals surface area contributed by atoms with Gasteiger partial charge in [0.1, 0.15) is 0 Å². The van der Waals surface area contributed by atoms with E-state index in [2.05, 4.69) is 0 Å². The normalized spacial score (nSPS) is 11.0. The summed E-state index contributed by atoms with van der Waals surface area (Å²) in [6.07, 6.45) is 0. The maximum atomic E-state index is 12.2. The first kappa shape index (κ1) is 14.1. The molecule has 0 atom stereocenters. The maximum Gasteiger partial charge on any atom is 0.168 e. The molecule has 2 N–H and O–H groups in total. The molecular weight excluding hydrogens is 278 g/mol. The van der Waals surface area contributed by atoms with Gasteiger partial charge in [-0.05, 0) is 30.2 Å². The molecule has 0 fully saturated rings. The fraction of sp³-hybridized carbons (Fsp3) is 0.267. The molecule has 0 saturated heterocycles. The van der Waals surface area contributed by atoms with Crippen LogP contribution in [-0.2, 0) is 0 Å². The van der Waals surface area contributed by atoms with E-state index < -0.39 is 0 Å². The van der Waals surface area contributed by atoms with Crippen molar-refractivity contribution in [1.82, 2.24) is 0 Å². The summed E-state index contributed by atoms with van der Waals surface area (Å²) < 4.78 is 0. The first-order chi connectivity index (χ1) is 8.91. The van der Waals surface area contributed by atoms with E-state index in [1.807, 2.05) is 45.0 Å². The van der Waals surface area contributed by atoms with Crippen LogP contribution in [0.1, 0.15) is 29.8 Å². The molecule has 0 saturated carbocycles. The Kier molecular flexibility index (Phi) is 3.97. The molecule has 1 aromatic heterocycles. The van der Waals surface area contributed by atoms with Crippen molar-refractivity contribution in [1.29, 1.82) is 0 Å². The number of ketones is 1. The number of thiophene rings is 1. The van der Waals surface area contributed by atoms with Crippen LogP contribution in [0.3, 0.4) is 0 Å². The van der Waals surface area contributed by atoms with Crippen molar-refractivity contribution in [3.63, 3.8) is 0 Å². The zero-order valence-corrected chi connectivity index (χ0v) is 12.7. The molecule has 2 nitrogen and oxygen atoms in total. The lowest BCUT2D eigenvalue weighted by Gasteiger charge is -2.05. The van der Waals surface area contributed by atoms with Gasteiger partial charge in [0.15, 0.2) is 5.78 Å². The van der Waals surface area contributed by atoms with Gasteiger partial charge in [0.25, 0.3) is 0 Å². The van der Waals surface area contributed by atoms with E-state index >= 15 is 0 Å². The molecule has 0 unspecified atom stereocenters. The summed E-state index contributed by atoms with van der Waals surface area (Å²) in [5.41, 5.74) is 8.70. The van der Waals surface area contributed by atoms with Crippen molar-refractivity contribution in [2.75, 3.05) is 5.73 Å². The second-order valence-corrected chi connectivity index (χ2v) is 6.31. The van der Waals surface area contributed by atoms with Crippen molar-refractivity contribution in [2.24, 2.45) is 5.92 Å². The van der Waals surface area contributed by atoms with Gasteiger partial charge in [-0.2, -0.15) is 0 Å². The topological polar surface area (TPSA) is 43.1 Å². The molecule has 1 aromatic carbocycles. The summed E-state index contributed by atoms with van der Waals surface area (Å²) in [7, 11) is 0. The summed E-state index contributed by atoms with van der Waals surface area (Å²) in [5, 5.41) is 1.30. The molecular formula is C15H16ClNOS. The summed E-state index contributed by atoms with van der Waals surface area (Å²) in [6.45, 7) is 5.73. The van der Waals surface area contributed by atoms with Crippen molar-refractivity contribution < 1.29 is 4.79 Å². The van der Waals surface area contributed by atoms with Crippen molar-refractivity contribution in [2.45, 2.75) is 20.8 Å². The Balaban J connectivity index is 2.53. The van der Waals surface area contributed by atoms with Gasteiger partial charge >= 0.3 is 0 Å². The van der Waals surface area contributed by atoms with Crippen LogP contribution < -0.4 is 5.73 Å². The standard InChI is InChI=1S/C15H16ClNOS/c1-8(2)13(18)12-9(3)14(19-15(12)17)10-4-6-11(16)7-5-10/h4-8H,17H2,1-3H3. The molecule has 4 heteroatoms. The monoisotopic (exact) mass is 293 g/mol. The van der Waals surface area contributed by atoms with Crippen LogP contribution >= 0.6 is 22.9 Å². The van der Waals surface area contributed by atoms with E-state index in [1.54, 1.807) is 0 Å². The zero-order chi connectivity index (χ0) is 14.2. The second-order valence-electron chi connectivity index (χ2n) is 4.82. The third kappa shape index (κ3) is 2.67. The van der Waals surface area contributed by atoms with Gasteiger partial charge in [0, 0.05) is 15.8 Å². The number of benzene rings is 1. The lowest BCUT2D eigenvalue weighted by molar-refractivity contribution is 0.0940. The Morgan fingerprint density at radius 3 is 2.37 bits per heavy atom. The molecule has 0 aliphatic heterocycles. The number of hydrogen-bond donors (Lipinski definition) is 1. The molecule has 2 rings (SSSR count). The first-order valence-electron chi connectivity index (χ1n) is 6.10. The van der Waals surface area contributed by atoms with Crippen LogP contribution in [0.15, 0.2) is 24.3 Å². The summed E-state index contributed by atoms with van der Waals surface area (Å²) >= 11 is 7.35. The van der Waals surface area contributed by atoms with Crippen LogP contribution in [0.5, 0.6) is 0 Å². The number of carbonyl (C=O) groups excluding carboxylic acids is 1. The predicted molar refractivity (Wildman–Crippen MR) is 83.1 cm³/mol. The molecule has 100 valence electrons. The number of Topliss-reactive ketones (excluding diaryl/α,β-unsaturated/α-hetero) is 1. The van der Waals surface area contributed by atoms with Gasteiger partial charge in [-0.25, -0.2) is 0 Å². The second kappa shape index (κ2) is 5.35. The number of hydrogen-bond acceptors (Lipinski definition) is 3. The minimum atomic E-state index is -0.0475. The summed E-state index contributed by atoms with van der Waals surface area (Å²) in [5.74, 6) is 0.0557. The molecule has 0 bridgehead atoms. The number of halogens is 1. The lowest BCUT2D eigenvalue weighted by atomic mass is 9.97. The average Bonchev–Trinajstić information content (AvgIpc) is 2.65. The minimum absolute atomic E-state index is 0.0475. The highest BCUT2D eigenvalue weighted by atomic mass is 35.5. The molecule has 0 aliphatic carbocycles. The van der Waals surface area contributed by atoms with Crippen LogP contribution in [0.4, 0.5) is 5.00 Å². The molecule has 0 aliphatic rings. The molecule has 19 heavy (non-hydrogen) atoms. The maximum absolute atomic E-state index is 12.2. The highest BCUT2D eigenvalue weighted by Gasteiger charge is 2.22. The van der Waals surface area contributed by atoms with Crippen molar-refractivity contribution >= 4 is 33.7 Å². The largest absolute Gasteiger partial charge is 0.390 e. The predicted octanol–water partition coefficient (Wildman–Crippen LogP) is 4.80. The SMILES string of the molecule is Cc1c(-c2ccc(Cl)cc2)sc(N)c1C(=O)C(C)C. The van der Waals surface area contributed by atoms with Crippen LogP contribution in [0.2, 0.25) is 5.02 Å². The van der Waals surface area contributed by atoms with E-state index in [0.717, 1.165) is 16.0 Å². The smallest absolute Gasteiger partial charge is 0.168 e. The number of rotatable bonds is 3. The number of nitrogen functional groups attached to an aromatic ring is 1. The van der Waals surface area contributed by atoms with Crippen LogP contribution in [0, 0.1) is 12.8 Å². The zero-order valence-electron chi connectivity index (χ0n) is 11.2. The Hall–Kier alpha value is -1.32. The Morgan fingerprint density at radius 2 is 1.84 bits per heavy atom. The van der Waals surface area contributed by atoms with Gasteiger partial charge in [0.05, 0.1) is 10.6 Å². The number of nitrogens with two attached hydrogens (primary N) is 1. The van der Waals surface area contributed by atoms with Crippen molar-refractivity contribution in [3.05, 3.63) is 40.4 Å².